The summed E-state index contributed by atoms with van der Waals surface area (Å²) >= 11 is 0. The van der Waals surface area contributed by atoms with Gasteiger partial charge in [0.2, 0.25) is 0 Å². The van der Waals surface area contributed by atoms with Crippen LogP contribution in [0, 0.1) is 0 Å². The molecule has 0 bridgehead atoms. The molecule has 0 radical (unpaired) electrons. The molecule has 5 nitrogen and oxygen atoms in total. The van der Waals surface area contributed by atoms with E-state index >= 15 is 0 Å². The van der Waals surface area contributed by atoms with Crippen LogP contribution in [0.25, 0.3) is 10.9 Å². The summed E-state index contributed by atoms with van der Waals surface area (Å²) < 4.78 is 0. The summed E-state index contributed by atoms with van der Waals surface area (Å²) in [6.45, 7) is 1.70. The quantitative estimate of drug-likeness (QED) is 0.317. The number of para-hydroxylation sites is 1. The molecule has 1 aliphatic heterocycles. The first-order valence-corrected chi connectivity index (χ1v) is 11.1. The van der Waals surface area contributed by atoms with Crippen LogP contribution in [0.3, 0.4) is 0 Å². The number of nitrogens with zero attached hydrogens (tertiary/aromatic N) is 2. The topological polar surface area (TPSA) is 52.2 Å². The number of pyridine rings is 1. The molecule has 3 N–H and O–H groups in total. The van der Waals surface area contributed by atoms with Crippen molar-refractivity contribution in [3.05, 3.63) is 115 Å². The number of aromatic nitrogens is 1. The molecule has 0 saturated carbocycles. The number of nitrogens with one attached hydrogen (secondary N) is 3. The van der Waals surface area contributed by atoms with Crippen LogP contribution in [0.15, 0.2) is 109 Å². The molecule has 0 aliphatic carbocycles. The molecule has 33 heavy (non-hydrogen) atoms. The van der Waals surface area contributed by atoms with Crippen molar-refractivity contribution in [2.45, 2.75) is 6.54 Å². The minimum atomic E-state index is 0.773. The molecule has 4 aromatic rings. The van der Waals surface area contributed by atoms with E-state index in [2.05, 4.69) is 106 Å². The van der Waals surface area contributed by atoms with Crippen molar-refractivity contribution in [1.82, 2.24) is 9.88 Å². The molecule has 0 fully saturated rings. The fourth-order valence-corrected chi connectivity index (χ4v) is 3.78. The summed E-state index contributed by atoms with van der Waals surface area (Å²) in [7, 11) is 2.07. The molecule has 3 aromatic carbocycles. The maximum atomic E-state index is 4.43. The molecular weight excluding hydrogens is 406 g/mol. The molecule has 0 amide bonds. The molecule has 1 aromatic heterocycles. The molecule has 164 valence electrons. The van der Waals surface area contributed by atoms with E-state index in [0.29, 0.717) is 0 Å². The SMILES string of the molecule is CN1C=CC(Nc2ccc(CNc3ccc(Nc4ccnc5ccccc45)cc3)cc2)=CC1. The van der Waals surface area contributed by atoms with E-state index in [1.54, 1.807) is 0 Å². The Hall–Kier alpha value is -4.25. The van der Waals surface area contributed by atoms with Gasteiger partial charge in [-0.3, -0.25) is 4.98 Å². The monoisotopic (exact) mass is 433 g/mol. The van der Waals surface area contributed by atoms with Gasteiger partial charge in [0, 0.05) is 66.4 Å². The summed E-state index contributed by atoms with van der Waals surface area (Å²) in [4.78, 5) is 6.57. The van der Waals surface area contributed by atoms with E-state index in [1.165, 1.54) is 5.56 Å². The Morgan fingerprint density at radius 3 is 2.33 bits per heavy atom. The number of allylic oxidation sites excluding steroid dienone is 1. The van der Waals surface area contributed by atoms with Gasteiger partial charge in [-0.05, 0) is 66.2 Å². The summed E-state index contributed by atoms with van der Waals surface area (Å²) in [6.07, 6.45) is 8.20. The lowest BCUT2D eigenvalue weighted by Gasteiger charge is -2.18. The van der Waals surface area contributed by atoms with E-state index in [0.717, 1.165) is 52.4 Å². The van der Waals surface area contributed by atoms with Crippen LogP contribution >= 0.6 is 0 Å². The minimum Gasteiger partial charge on any atom is -0.381 e. The molecule has 0 saturated heterocycles. The van der Waals surface area contributed by atoms with Gasteiger partial charge in [0.05, 0.1) is 5.52 Å². The standard InChI is InChI=1S/C28H27N5/c1-33-18-15-25(16-19-33)31-23-8-6-21(7-9-23)20-30-22-10-12-24(13-11-22)32-28-14-17-29-27-5-3-2-4-26(27)28/h2-18,30-31H,19-20H2,1H3,(H,29,32). The maximum Gasteiger partial charge on any atom is 0.0722 e. The summed E-state index contributed by atoms with van der Waals surface area (Å²) in [5.74, 6) is 0. The number of rotatable bonds is 7. The highest BCUT2D eigenvalue weighted by Crippen LogP contribution is 2.25. The Labute approximate surface area is 194 Å². The second-order valence-corrected chi connectivity index (χ2v) is 8.17. The van der Waals surface area contributed by atoms with Crippen LogP contribution in [0.1, 0.15) is 5.56 Å². The predicted octanol–water partition coefficient (Wildman–Crippen LogP) is 6.35. The molecule has 5 heteroatoms. The van der Waals surface area contributed by atoms with Crippen molar-refractivity contribution < 1.29 is 0 Å². The van der Waals surface area contributed by atoms with Gasteiger partial charge in [-0.15, -0.1) is 0 Å². The van der Waals surface area contributed by atoms with Gasteiger partial charge in [-0.25, -0.2) is 0 Å². The Kier molecular flexibility index (Phi) is 5.93. The van der Waals surface area contributed by atoms with Crippen molar-refractivity contribution in [3.8, 4) is 0 Å². The Morgan fingerprint density at radius 1 is 0.818 bits per heavy atom. The van der Waals surface area contributed by atoms with E-state index in [-0.39, 0.29) is 0 Å². The van der Waals surface area contributed by atoms with E-state index in [4.69, 9.17) is 0 Å². The van der Waals surface area contributed by atoms with Crippen LogP contribution in [-0.4, -0.2) is 23.5 Å². The van der Waals surface area contributed by atoms with Gasteiger partial charge in [-0.2, -0.15) is 0 Å². The Bertz CT molecular complexity index is 1280. The van der Waals surface area contributed by atoms with Crippen molar-refractivity contribution in [2.75, 3.05) is 29.5 Å². The highest BCUT2D eigenvalue weighted by Gasteiger charge is 2.03. The smallest absolute Gasteiger partial charge is 0.0722 e. The van der Waals surface area contributed by atoms with E-state index < -0.39 is 0 Å². The van der Waals surface area contributed by atoms with Crippen LogP contribution in [0.2, 0.25) is 0 Å². The lowest BCUT2D eigenvalue weighted by atomic mass is 10.1. The van der Waals surface area contributed by atoms with Crippen molar-refractivity contribution >= 4 is 33.7 Å². The molecule has 0 atom stereocenters. The van der Waals surface area contributed by atoms with Gasteiger partial charge in [-0.1, -0.05) is 30.3 Å². The molecular formula is C28H27N5. The third-order valence-corrected chi connectivity index (χ3v) is 5.66. The zero-order valence-corrected chi connectivity index (χ0v) is 18.6. The number of hydrogen-bond donors (Lipinski definition) is 3. The maximum absolute atomic E-state index is 4.43. The Morgan fingerprint density at radius 2 is 1.55 bits per heavy atom. The lowest BCUT2D eigenvalue weighted by Crippen LogP contribution is -2.15. The van der Waals surface area contributed by atoms with Gasteiger partial charge >= 0.3 is 0 Å². The van der Waals surface area contributed by atoms with Gasteiger partial charge < -0.3 is 20.9 Å². The zero-order valence-electron chi connectivity index (χ0n) is 18.6. The number of anilines is 4. The first kappa shape index (κ1) is 20.6. The minimum absolute atomic E-state index is 0.773. The second-order valence-electron chi connectivity index (χ2n) is 8.17. The van der Waals surface area contributed by atoms with Crippen LogP contribution in [0.4, 0.5) is 22.7 Å². The predicted molar refractivity (Wildman–Crippen MR) is 139 cm³/mol. The fraction of sp³-hybridized carbons (Fsp3) is 0.107. The second kappa shape index (κ2) is 9.49. The highest BCUT2D eigenvalue weighted by molar-refractivity contribution is 5.92. The van der Waals surface area contributed by atoms with Crippen molar-refractivity contribution in [3.63, 3.8) is 0 Å². The molecule has 2 heterocycles. The van der Waals surface area contributed by atoms with Gasteiger partial charge in [0.25, 0.3) is 0 Å². The Balaban J connectivity index is 1.17. The number of likely N-dealkylation sites (N-methyl/N-ethyl adjacent to an activating group) is 1. The number of fused-ring (bicyclic) bond motifs is 1. The fourth-order valence-electron chi connectivity index (χ4n) is 3.78. The van der Waals surface area contributed by atoms with Crippen LogP contribution in [0.5, 0.6) is 0 Å². The normalized spacial score (nSPS) is 13.0. The third kappa shape index (κ3) is 5.15. The zero-order chi connectivity index (χ0) is 22.5. The van der Waals surface area contributed by atoms with E-state index in [9.17, 15) is 0 Å². The first-order valence-electron chi connectivity index (χ1n) is 11.1. The molecule has 0 unspecified atom stereocenters. The average molecular weight is 434 g/mol. The number of hydrogen-bond acceptors (Lipinski definition) is 5. The van der Waals surface area contributed by atoms with Gasteiger partial charge in [0.15, 0.2) is 0 Å². The summed E-state index contributed by atoms with van der Waals surface area (Å²) in [6, 6.07) is 27.1. The van der Waals surface area contributed by atoms with Gasteiger partial charge in [0.1, 0.15) is 0 Å². The summed E-state index contributed by atoms with van der Waals surface area (Å²) in [5.41, 5.74) is 7.64. The lowest BCUT2D eigenvalue weighted by molar-refractivity contribution is 0.502. The summed E-state index contributed by atoms with van der Waals surface area (Å²) in [5, 5.41) is 11.6. The van der Waals surface area contributed by atoms with Crippen molar-refractivity contribution in [1.29, 1.82) is 0 Å². The third-order valence-electron chi connectivity index (χ3n) is 5.66. The van der Waals surface area contributed by atoms with Crippen LogP contribution < -0.4 is 16.0 Å². The van der Waals surface area contributed by atoms with E-state index in [1.807, 2.05) is 30.5 Å². The number of benzene rings is 3. The van der Waals surface area contributed by atoms with Crippen LogP contribution in [-0.2, 0) is 6.54 Å². The first-order chi connectivity index (χ1) is 16.2. The average Bonchev–Trinajstić information content (AvgIpc) is 2.86. The molecule has 5 rings (SSSR count). The van der Waals surface area contributed by atoms with Crippen molar-refractivity contribution in [2.24, 2.45) is 0 Å². The molecule has 0 spiro atoms. The molecule has 1 aliphatic rings. The largest absolute Gasteiger partial charge is 0.381 e. The highest BCUT2D eigenvalue weighted by atomic mass is 15.1.